The van der Waals surface area contributed by atoms with Crippen molar-refractivity contribution in [3.63, 3.8) is 0 Å². The maximum absolute atomic E-state index is 12.6. The first-order chi connectivity index (χ1) is 10.3. The molecule has 2 aromatic rings. The summed E-state index contributed by atoms with van der Waals surface area (Å²) in [7, 11) is 1.63. The predicted octanol–water partition coefficient (Wildman–Crippen LogP) is 2.82. The molecule has 110 valence electrons. The molecular formula is C17H20N2O2. The summed E-state index contributed by atoms with van der Waals surface area (Å²) in [5.41, 5.74) is 1.59. The van der Waals surface area contributed by atoms with Gasteiger partial charge in [0.1, 0.15) is 5.75 Å². The SMILES string of the molecule is COc1ccc2nccc(C(=O)CC3CCCNC3)c2c1. The molecule has 0 radical (unpaired) electrons. The number of hydrogen-bond acceptors (Lipinski definition) is 4. The van der Waals surface area contributed by atoms with Gasteiger partial charge in [-0.2, -0.15) is 0 Å². The monoisotopic (exact) mass is 284 g/mol. The highest BCUT2D eigenvalue weighted by molar-refractivity contribution is 6.07. The molecule has 2 heterocycles. The van der Waals surface area contributed by atoms with Crippen molar-refractivity contribution in [3.8, 4) is 5.75 Å². The Balaban J connectivity index is 1.89. The van der Waals surface area contributed by atoms with Gasteiger partial charge >= 0.3 is 0 Å². The summed E-state index contributed by atoms with van der Waals surface area (Å²) in [4.78, 5) is 17.0. The zero-order valence-corrected chi connectivity index (χ0v) is 12.3. The molecule has 0 spiro atoms. The number of methoxy groups -OCH3 is 1. The molecule has 4 nitrogen and oxygen atoms in total. The van der Waals surface area contributed by atoms with Crippen molar-refractivity contribution in [2.45, 2.75) is 19.3 Å². The van der Waals surface area contributed by atoms with Gasteiger partial charge in [-0.05, 0) is 56.1 Å². The zero-order chi connectivity index (χ0) is 14.7. The minimum absolute atomic E-state index is 0.198. The minimum Gasteiger partial charge on any atom is -0.497 e. The Bertz CT molecular complexity index is 648. The highest BCUT2D eigenvalue weighted by Gasteiger charge is 2.19. The Labute approximate surface area is 124 Å². The second-order valence-electron chi connectivity index (χ2n) is 5.58. The first kappa shape index (κ1) is 14.0. The summed E-state index contributed by atoms with van der Waals surface area (Å²) < 4.78 is 5.26. The standard InChI is InChI=1S/C17H20N2O2/c1-21-13-4-5-16-15(10-13)14(6-8-19-16)17(20)9-12-3-2-7-18-11-12/h4-6,8,10,12,18H,2-3,7,9,11H2,1H3. The van der Waals surface area contributed by atoms with Gasteiger partial charge < -0.3 is 10.1 Å². The first-order valence-corrected chi connectivity index (χ1v) is 7.44. The minimum atomic E-state index is 0.198. The number of nitrogens with one attached hydrogen (secondary N) is 1. The summed E-state index contributed by atoms with van der Waals surface area (Å²) in [5, 5.41) is 4.24. The Morgan fingerprint density at radius 3 is 3.10 bits per heavy atom. The van der Waals surface area contributed by atoms with Crippen LogP contribution in [0.15, 0.2) is 30.5 Å². The Hall–Kier alpha value is -1.94. The second-order valence-corrected chi connectivity index (χ2v) is 5.58. The van der Waals surface area contributed by atoms with Crippen LogP contribution in [-0.4, -0.2) is 31.0 Å². The van der Waals surface area contributed by atoms with E-state index in [4.69, 9.17) is 4.74 Å². The van der Waals surface area contributed by atoms with E-state index in [1.807, 2.05) is 24.3 Å². The zero-order valence-electron chi connectivity index (χ0n) is 12.3. The number of ether oxygens (including phenoxy) is 1. The maximum atomic E-state index is 12.6. The molecule has 1 unspecified atom stereocenters. The van der Waals surface area contributed by atoms with Crippen molar-refractivity contribution in [2.24, 2.45) is 5.92 Å². The number of carbonyl (C=O) groups excluding carboxylic acids is 1. The van der Waals surface area contributed by atoms with Crippen LogP contribution in [0.25, 0.3) is 10.9 Å². The van der Waals surface area contributed by atoms with Gasteiger partial charge in [-0.3, -0.25) is 9.78 Å². The average Bonchev–Trinajstić information content (AvgIpc) is 2.54. The normalized spacial score (nSPS) is 18.6. The molecule has 0 amide bonds. The van der Waals surface area contributed by atoms with Crippen LogP contribution in [0.3, 0.4) is 0 Å². The van der Waals surface area contributed by atoms with E-state index in [2.05, 4.69) is 10.3 Å². The van der Waals surface area contributed by atoms with Gasteiger partial charge in [0.05, 0.1) is 12.6 Å². The average molecular weight is 284 g/mol. The Kier molecular flexibility index (Phi) is 4.15. The quantitative estimate of drug-likeness (QED) is 0.877. The largest absolute Gasteiger partial charge is 0.497 e. The number of piperidine rings is 1. The summed E-state index contributed by atoms with van der Waals surface area (Å²) in [6.07, 6.45) is 4.60. The number of fused-ring (bicyclic) bond motifs is 1. The van der Waals surface area contributed by atoms with Gasteiger partial charge in [0, 0.05) is 23.6 Å². The molecule has 1 aliphatic rings. The summed E-state index contributed by atoms with van der Waals surface area (Å²) in [6.45, 7) is 2.01. The predicted molar refractivity (Wildman–Crippen MR) is 82.8 cm³/mol. The fraction of sp³-hybridized carbons (Fsp3) is 0.412. The molecule has 1 aliphatic heterocycles. The van der Waals surface area contributed by atoms with Crippen LogP contribution in [0.1, 0.15) is 29.6 Å². The van der Waals surface area contributed by atoms with E-state index in [9.17, 15) is 4.79 Å². The third-order valence-corrected chi connectivity index (χ3v) is 4.12. The highest BCUT2D eigenvalue weighted by Crippen LogP contribution is 2.25. The molecule has 1 atom stereocenters. The number of rotatable bonds is 4. The van der Waals surface area contributed by atoms with E-state index in [0.29, 0.717) is 12.3 Å². The van der Waals surface area contributed by atoms with Gasteiger partial charge in [-0.25, -0.2) is 0 Å². The van der Waals surface area contributed by atoms with Gasteiger partial charge in [-0.1, -0.05) is 0 Å². The maximum Gasteiger partial charge on any atom is 0.163 e. The fourth-order valence-corrected chi connectivity index (χ4v) is 2.97. The molecule has 4 heteroatoms. The molecule has 1 fully saturated rings. The van der Waals surface area contributed by atoms with Gasteiger partial charge in [0.2, 0.25) is 0 Å². The van der Waals surface area contributed by atoms with E-state index in [0.717, 1.165) is 48.1 Å². The lowest BCUT2D eigenvalue weighted by Crippen LogP contribution is -2.31. The third kappa shape index (κ3) is 3.05. The van der Waals surface area contributed by atoms with Crippen LogP contribution in [0.2, 0.25) is 0 Å². The van der Waals surface area contributed by atoms with Crippen molar-refractivity contribution in [1.82, 2.24) is 10.3 Å². The van der Waals surface area contributed by atoms with Crippen LogP contribution < -0.4 is 10.1 Å². The number of nitrogens with zero attached hydrogens (tertiary/aromatic N) is 1. The smallest absolute Gasteiger partial charge is 0.163 e. The molecule has 21 heavy (non-hydrogen) atoms. The Morgan fingerprint density at radius 2 is 2.33 bits per heavy atom. The fourth-order valence-electron chi connectivity index (χ4n) is 2.97. The van der Waals surface area contributed by atoms with Crippen LogP contribution in [0, 0.1) is 5.92 Å². The molecule has 1 saturated heterocycles. The number of ketones is 1. The molecule has 0 saturated carbocycles. The van der Waals surface area contributed by atoms with E-state index in [1.54, 1.807) is 13.3 Å². The van der Waals surface area contributed by atoms with E-state index in [-0.39, 0.29) is 5.78 Å². The number of aromatic nitrogens is 1. The van der Waals surface area contributed by atoms with Crippen molar-refractivity contribution in [3.05, 3.63) is 36.0 Å². The van der Waals surface area contributed by atoms with Crippen molar-refractivity contribution in [1.29, 1.82) is 0 Å². The summed E-state index contributed by atoms with van der Waals surface area (Å²) >= 11 is 0. The van der Waals surface area contributed by atoms with Crippen molar-refractivity contribution in [2.75, 3.05) is 20.2 Å². The molecular weight excluding hydrogens is 264 g/mol. The second kappa shape index (κ2) is 6.22. The van der Waals surface area contributed by atoms with Crippen LogP contribution in [0.4, 0.5) is 0 Å². The lowest BCUT2D eigenvalue weighted by atomic mass is 9.91. The Morgan fingerprint density at radius 1 is 1.43 bits per heavy atom. The number of hydrogen-bond donors (Lipinski definition) is 1. The van der Waals surface area contributed by atoms with Crippen LogP contribution >= 0.6 is 0 Å². The third-order valence-electron chi connectivity index (χ3n) is 4.12. The molecule has 1 aromatic carbocycles. The number of pyridine rings is 1. The van der Waals surface area contributed by atoms with Crippen LogP contribution in [-0.2, 0) is 0 Å². The first-order valence-electron chi connectivity index (χ1n) is 7.44. The molecule has 0 bridgehead atoms. The summed E-state index contributed by atoms with van der Waals surface area (Å²) in [5.74, 6) is 1.40. The van der Waals surface area contributed by atoms with Crippen LogP contribution in [0.5, 0.6) is 5.75 Å². The summed E-state index contributed by atoms with van der Waals surface area (Å²) in [6, 6.07) is 7.48. The van der Waals surface area contributed by atoms with E-state index < -0.39 is 0 Å². The lowest BCUT2D eigenvalue weighted by molar-refractivity contribution is 0.0955. The molecule has 0 aliphatic carbocycles. The lowest BCUT2D eigenvalue weighted by Gasteiger charge is -2.22. The highest BCUT2D eigenvalue weighted by atomic mass is 16.5. The van der Waals surface area contributed by atoms with Crippen molar-refractivity contribution < 1.29 is 9.53 Å². The molecule has 1 N–H and O–H groups in total. The molecule has 1 aromatic heterocycles. The van der Waals surface area contributed by atoms with E-state index in [1.165, 1.54) is 0 Å². The van der Waals surface area contributed by atoms with Crippen molar-refractivity contribution >= 4 is 16.7 Å². The number of carbonyl (C=O) groups is 1. The van der Waals surface area contributed by atoms with E-state index >= 15 is 0 Å². The molecule has 3 rings (SSSR count). The van der Waals surface area contributed by atoms with Gasteiger partial charge in [0.15, 0.2) is 5.78 Å². The topological polar surface area (TPSA) is 51.2 Å². The van der Waals surface area contributed by atoms with Gasteiger partial charge in [0.25, 0.3) is 0 Å². The van der Waals surface area contributed by atoms with Gasteiger partial charge in [-0.15, -0.1) is 0 Å². The number of benzene rings is 1. The number of Topliss-reactive ketones (excluding diaryl/α,β-unsaturated/α-hetero) is 1.